The fourth-order valence-electron chi connectivity index (χ4n) is 4.43. The van der Waals surface area contributed by atoms with Crippen molar-refractivity contribution in [2.24, 2.45) is 0 Å². The Balaban J connectivity index is 1.66. The van der Waals surface area contributed by atoms with E-state index in [0.717, 1.165) is 73.4 Å². The third-order valence-corrected chi connectivity index (χ3v) is 6.35. The van der Waals surface area contributed by atoms with Crippen molar-refractivity contribution in [3.05, 3.63) is 64.9 Å². The molecule has 4 rings (SSSR count). The molecule has 1 unspecified atom stereocenters. The van der Waals surface area contributed by atoms with Crippen molar-refractivity contribution in [1.82, 2.24) is 20.0 Å². The van der Waals surface area contributed by atoms with Crippen LogP contribution in [0.2, 0.25) is 0 Å². The molecule has 1 atom stereocenters. The van der Waals surface area contributed by atoms with Gasteiger partial charge < -0.3 is 9.42 Å². The molecule has 6 heteroatoms. The second-order valence-electron chi connectivity index (χ2n) is 8.64. The Labute approximate surface area is 190 Å². The van der Waals surface area contributed by atoms with Crippen molar-refractivity contribution in [3.63, 3.8) is 0 Å². The Morgan fingerprint density at radius 2 is 1.97 bits per heavy atom. The van der Waals surface area contributed by atoms with Crippen LogP contribution in [0.5, 0.6) is 0 Å². The smallest absolute Gasteiger partial charge is 0.223 e. The molecule has 1 saturated heterocycles. The van der Waals surface area contributed by atoms with E-state index in [1.807, 2.05) is 43.1 Å². The van der Waals surface area contributed by atoms with Gasteiger partial charge in [0.25, 0.3) is 0 Å². The van der Waals surface area contributed by atoms with Crippen molar-refractivity contribution < 1.29 is 9.32 Å². The van der Waals surface area contributed by atoms with Crippen LogP contribution in [0, 0.1) is 13.8 Å². The van der Waals surface area contributed by atoms with Gasteiger partial charge in [0.05, 0.1) is 23.0 Å². The molecular weight excluding hydrogens is 400 g/mol. The average molecular weight is 433 g/mol. The lowest BCUT2D eigenvalue weighted by Gasteiger charge is -2.36. The second kappa shape index (κ2) is 10.1. The Kier molecular flexibility index (Phi) is 6.98. The lowest BCUT2D eigenvalue weighted by molar-refractivity contribution is -0.135. The van der Waals surface area contributed by atoms with Crippen molar-refractivity contribution in [1.29, 1.82) is 0 Å². The molecule has 3 heterocycles. The first-order valence-corrected chi connectivity index (χ1v) is 11.7. The van der Waals surface area contributed by atoms with Gasteiger partial charge in [-0.2, -0.15) is 0 Å². The van der Waals surface area contributed by atoms with Gasteiger partial charge in [-0.15, -0.1) is 0 Å². The molecule has 0 saturated carbocycles. The zero-order valence-electron chi connectivity index (χ0n) is 19.3. The number of aromatic nitrogens is 3. The van der Waals surface area contributed by atoms with Crippen molar-refractivity contribution in [3.8, 4) is 11.3 Å². The zero-order valence-corrected chi connectivity index (χ0v) is 19.3. The van der Waals surface area contributed by atoms with Gasteiger partial charge in [0, 0.05) is 31.1 Å². The molecular formula is C26H32N4O2. The minimum atomic E-state index is -0.0644. The van der Waals surface area contributed by atoms with E-state index in [0.29, 0.717) is 12.2 Å². The SMILES string of the molecule is CCCc1ncc(-c2onc(C)c2C)c(C2CCCCN2C(=O)CCc2ccccc2)n1. The number of aryl methyl sites for hydroxylation is 3. The third-order valence-electron chi connectivity index (χ3n) is 6.35. The van der Waals surface area contributed by atoms with Crippen LogP contribution in [0.25, 0.3) is 11.3 Å². The van der Waals surface area contributed by atoms with E-state index in [1.165, 1.54) is 5.56 Å². The maximum Gasteiger partial charge on any atom is 0.223 e. The number of likely N-dealkylation sites (tertiary alicyclic amines) is 1. The normalized spacial score (nSPS) is 16.3. The van der Waals surface area contributed by atoms with Gasteiger partial charge in [-0.3, -0.25) is 4.79 Å². The highest BCUT2D eigenvalue weighted by Crippen LogP contribution is 2.37. The van der Waals surface area contributed by atoms with Crippen LogP contribution in [0.3, 0.4) is 0 Å². The summed E-state index contributed by atoms with van der Waals surface area (Å²) < 4.78 is 5.68. The summed E-state index contributed by atoms with van der Waals surface area (Å²) in [5, 5.41) is 4.14. The van der Waals surface area contributed by atoms with Crippen LogP contribution in [0.1, 0.15) is 73.4 Å². The first-order valence-electron chi connectivity index (χ1n) is 11.7. The van der Waals surface area contributed by atoms with Crippen LogP contribution in [-0.4, -0.2) is 32.5 Å². The number of benzene rings is 1. The van der Waals surface area contributed by atoms with E-state index in [-0.39, 0.29) is 11.9 Å². The Morgan fingerprint density at radius 1 is 1.16 bits per heavy atom. The fraction of sp³-hybridized carbons (Fsp3) is 0.462. The quantitative estimate of drug-likeness (QED) is 0.501. The zero-order chi connectivity index (χ0) is 22.5. The maximum atomic E-state index is 13.3. The highest BCUT2D eigenvalue weighted by atomic mass is 16.5. The molecule has 1 aliphatic rings. The number of nitrogens with zero attached hydrogens (tertiary/aromatic N) is 4. The largest absolute Gasteiger partial charge is 0.356 e. The van der Waals surface area contributed by atoms with E-state index < -0.39 is 0 Å². The number of carbonyl (C=O) groups excluding carboxylic acids is 1. The highest BCUT2D eigenvalue weighted by molar-refractivity contribution is 5.77. The molecule has 0 spiro atoms. The molecule has 1 aliphatic heterocycles. The molecule has 1 aromatic carbocycles. The highest BCUT2D eigenvalue weighted by Gasteiger charge is 2.32. The van der Waals surface area contributed by atoms with Crippen molar-refractivity contribution in [2.45, 2.75) is 71.8 Å². The fourth-order valence-corrected chi connectivity index (χ4v) is 4.43. The van der Waals surface area contributed by atoms with Gasteiger partial charge in [0.2, 0.25) is 5.91 Å². The number of hydrogen-bond acceptors (Lipinski definition) is 5. The van der Waals surface area contributed by atoms with Gasteiger partial charge in [0.15, 0.2) is 5.76 Å². The monoisotopic (exact) mass is 432 g/mol. The molecule has 6 nitrogen and oxygen atoms in total. The Morgan fingerprint density at radius 3 is 2.69 bits per heavy atom. The maximum absolute atomic E-state index is 13.3. The van der Waals surface area contributed by atoms with E-state index >= 15 is 0 Å². The van der Waals surface area contributed by atoms with Gasteiger partial charge in [-0.25, -0.2) is 9.97 Å². The number of rotatable bonds is 7. The minimum absolute atomic E-state index is 0.0644. The van der Waals surface area contributed by atoms with Crippen LogP contribution >= 0.6 is 0 Å². The predicted molar refractivity (Wildman–Crippen MR) is 124 cm³/mol. The van der Waals surface area contributed by atoms with Crippen LogP contribution in [0.15, 0.2) is 41.1 Å². The lowest BCUT2D eigenvalue weighted by Crippen LogP contribution is -2.39. The first-order chi connectivity index (χ1) is 15.6. The Bertz CT molecular complexity index is 1060. The van der Waals surface area contributed by atoms with Crippen LogP contribution < -0.4 is 0 Å². The average Bonchev–Trinajstić information content (AvgIpc) is 3.16. The molecule has 0 N–H and O–H groups in total. The molecule has 2 aromatic heterocycles. The summed E-state index contributed by atoms with van der Waals surface area (Å²) in [6.07, 6.45) is 7.91. The summed E-state index contributed by atoms with van der Waals surface area (Å²) in [7, 11) is 0. The van der Waals surface area contributed by atoms with E-state index in [2.05, 4.69) is 29.2 Å². The molecule has 168 valence electrons. The molecule has 0 radical (unpaired) electrons. The lowest BCUT2D eigenvalue weighted by atomic mass is 9.94. The second-order valence-corrected chi connectivity index (χ2v) is 8.64. The van der Waals surface area contributed by atoms with Gasteiger partial charge in [0.1, 0.15) is 5.82 Å². The number of amides is 1. The van der Waals surface area contributed by atoms with Crippen LogP contribution in [-0.2, 0) is 17.6 Å². The van der Waals surface area contributed by atoms with Gasteiger partial charge in [-0.05, 0) is 51.5 Å². The Hall–Kier alpha value is -3.02. The number of carbonyl (C=O) groups is 1. The molecule has 32 heavy (non-hydrogen) atoms. The summed E-state index contributed by atoms with van der Waals surface area (Å²) in [5.74, 6) is 1.72. The standard InChI is InChI=1S/C26H32N4O2/c1-4-10-23-27-17-21(26-18(2)19(3)29-32-26)25(28-23)22-13-8-9-16-30(22)24(31)15-14-20-11-6-5-7-12-20/h5-7,11-12,17,22H,4,8-10,13-16H2,1-3H3. The van der Waals surface area contributed by atoms with E-state index in [4.69, 9.17) is 9.51 Å². The van der Waals surface area contributed by atoms with Crippen molar-refractivity contribution in [2.75, 3.05) is 6.54 Å². The van der Waals surface area contributed by atoms with Crippen LogP contribution in [0.4, 0.5) is 0 Å². The molecule has 0 bridgehead atoms. The summed E-state index contributed by atoms with van der Waals surface area (Å²) in [4.78, 5) is 24.9. The van der Waals surface area contributed by atoms with Gasteiger partial charge >= 0.3 is 0 Å². The number of hydrogen-bond donors (Lipinski definition) is 0. The van der Waals surface area contributed by atoms with E-state index in [1.54, 1.807) is 0 Å². The van der Waals surface area contributed by atoms with Crippen molar-refractivity contribution >= 4 is 5.91 Å². The molecule has 3 aromatic rings. The summed E-state index contributed by atoms with van der Waals surface area (Å²) in [5.41, 5.74) is 4.81. The first kappa shape index (κ1) is 22.2. The minimum Gasteiger partial charge on any atom is -0.356 e. The topological polar surface area (TPSA) is 72.1 Å². The predicted octanol–water partition coefficient (Wildman–Crippen LogP) is 5.39. The third kappa shape index (κ3) is 4.74. The summed E-state index contributed by atoms with van der Waals surface area (Å²) in [6.45, 7) is 6.84. The summed E-state index contributed by atoms with van der Waals surface area (Å²) >= 11 is 0. The number of piperidine rings is 1. The molecule has 1 fully saturated rings. The van der Waals surface area contributed by atoms with E-state index in [9.17, 15) is 4.79 Å². The van der Waals surface area contributed by atoms with Gasteiger partial charge in [-0.1, -0.05) is 42.4 Å². The summed E-state index contributed by atoms with van der Waals surface area (Å²) in [6, 6.07) is 10.1. The molecule has 0 aliphatic carbocycles. The molecule has 1 amide bonds.